The highest BCUT2D eigenvalue weighted by Gasteiger charge is 2.32. The summed E-state index contributed by atoms with van der Waals surface area (Å²) >= 11 is 0. The zero-order chi connectivity index (χ0) is 40.5. The van der Waals surface area contributed by atoms with Gasteiger partial charge in [-0.3, -0.25) is 24.0 Å². The second kappa shape index (κ2) is 22.9. The normalized spacial score (nSPS) is 27.9. The molecule has 54 heavy (non-hydrogen) atoms. The van der Waals surface area contributed by atoms with Gasteiger partial charge in [-0.25, -0.2) is 4.79 Å². The van der Waals surface area contributed by atoms with Gasteiger partial charge in [0.1, 0.15) is 12.1 Å². The average Bonchev–Trinajstić information content (AvgIpc) is 3.09. The minimum Gasteiger partial charge on any atom is -0.441 e. The van der Waals surface area contributed by atoms with Gasteiger partial charge in [-0.15, -0.1) is 0 Å². The number of hydrogen-bond acceptors (Lipinski definition) is 9. The van der Waals surface area contributed by atoms with Gasteiger partial charge in [0.05, 0.1) is 6.10 Å². The number of rotatable bonds is 13. The molecule has 2 aliphatic carbocycles. The minimum atomic E-state index is -0.914. The van der Waals surface area contributed by atoms with Crippen molar-refractivity contribution in [3.8, 4) is 0 Å². The summed E-state index contributed by atoms with van der Waals surface area (Å²) in [5.74, 6) is -2.21. The van der Waals surface area contributed by atoms with Gasteiger partial charge in [0, 0.05) is 48.4 Å². The molecule has 0 aliphatic heterocycles. The van der Waals surface area contributed by atoms with E-state index in [0.717, 1.165) is 18.4 Å². The lowest BCUT2D eigenvalue weighted by molar-refractivity contribution is -0.128. The molecular formula is C42H64N4O8. The van der Waals surface area contributed by atoms with Gasteiger partial charge < -0.3 is 31.9 Å². The van der Waals surface area contributed by atoms with Gasteiger partial charge in [-0.2, -0.15) is 0 Å². The zero-order valence-electron chi connectivity index (χ0n) is 33.4. The number of ketones is 3. The van der Waals surface area contributed by atoms with Crippen LogP contribution < -0.4 is 22.1 Å². The molecule has 0 radical (unpaired) electrons. The number of Topliss-reactive ketones (excluding diaryl/α,β-unsaturated/α-hetero) is 2. The largest absolute Gasteiger partial charge is 0.441 e. The van der Waals surface area contributed by atoms with Crippen molar-refractivity contribution >= 4 is 35.3 Å². The summed E-state index contributed by atoms with van der Waals surface area (Å²) in [4.78, 5) is 77.0. The Hall–Kier alpha value is -4.16. The predicted molar refractivity (Wildman–Crippen MR) is 210 cm³/mol. The Bertz CT molecular complexity index is 1520. The van der Waals surface area contributed by atoms with E-state index in [0.29, 0.717) is 74.8 Å². The van der Waals surface area contributed by atoms with Crippen molar-refractivity contribution < 1.29 is 38.6 Å². The molecule has 0 fully saturated rings. The van der Waals surface area contributed by atoms with E-state index in [1.165, 1.54) is 13.0 Å². The van der Waals surface area contributed by atoms with Gasteiger partial charge in [-0.1, -0.05) is 58.4 Å². The minimum absolute atomic E-state index is 0.0702. The number of amides is 3. The van der Waals surface area contributed by atoms with Gasteiger partial charge in [0.2, 0.25) is 11.8 Å². The predicted octanol–water partition coefficient (Wildman–Crippen LogP) is 5.24. The first-order chi connectivity index (χ1) is 25.5. The van der Waals surface area contributed by atoms with E-state index in [2.05, 4.69) is 10.6 Å². The van der Waals surface area contributed by atoms with Crippen LogP contribution in [0, 0.1) is 23.7 Å². The zero-order valence-corrected chi connectivity index (χ0v) is 33.4. The first-order valence-corrected chi connectivity index (χ1v) is 19.4. The first-order valence-electron chi connectivity index (χ1n) is 19.4. The molecule has 0 aromatic rings. The lowest BCUT2D eigenvalue weighted by Crippen LogP contribution is -2.46. The first kappa shape index (κ1) is 46.0. The van der Waals surface area contributed by atoms with Crippen molar-refractivity contribution in [3.05, 3.63) is 58.2 Å². The van der Waals surface area contributed by atoms with Crippen LogP contribution in [0.5, 0.6) is 0 Å². The van der Waals surface area contributed by atoms with Crippen LogP contribution in [-0.2, 0) is 28.7 Å². The van der Waals surface area contributed by atoms with Gasteiger partial charge in [0.25, 0.3) is 0 Å². The number of primary amides is 1. The number of fused-ring (bicyclic) bond motifs is 2. The molecule has 12 nitrogen and oxygen atoms in total. The summed E-state index contributed by atoms with van der Waals surface area (Å²) in [5.41, 5.74) is 13.1. The number of hydrogen-bond donors (Lipinski definition) is 5. The van der Waals surface area contributed by atoms with E-state index < -0.39 is 24.3 Å². The van der Waals surface area contributed by atoms with Crippen LogP contribution in [-0.4, -0.2) is 71.7 Å². The lowest BCUT2D eigenvalue weighted by Gasteiger charge is -2.28. The highest BCUT2D eigenvalue weighted by Crippen LogP contribution is 2.33. The van der Waals surface area contributed by atoms with Gasteiger partial charge >= 0.3 is 6.09 Å². The fourth-order valence-corrected chi connectivity index (χ4v) is 7.31. The molecule has 2 rings (SSSR count). The topological polar surface area (TPSA) is 208 Å². The Kier molecular flexibility index (Phi) is 19.5. The second-order valence-electron chi connectivity index (χ2n) is 15.3. The number of aliphatic hydroxyl groups is 1. The molecule has 2 bridgehead atoms. The number of carbonyl (C=O) groups excluding carboxylic acids is 6. The molecule has 3 amide bonds. The second-order valence-corrected chi connectivity index (χ2v) is 15.3. The van der Waals surface area contributed by atoms with Gasteiger partial charge in [0.15, 0.2) is 17.3 Å². The standard InChI is InChI=1S/C42H64N4O8/c1-25-20-28(4)38(50)29(5)22-30(6)40(54-42(44)53)27(3)15-13-14-26(2)36(48)23-32-24-37(49)33(34(21-25)39(32)51)16-9-8-12-19-45-41(52)35(46-31(7)47)17-10-11-18-43/h13-15,22,24-25,27-29,35,38,40,50H,8-12,16-21,23,43H2,1-7H3,(H2,44,53)(H,45,52)(H,46,47)/b15-13-,26-14+,30-22+/t25-,27-,28-,29-,35-,38-,40+/m0/s1. The molecule has 0 saturated carbocycles. The number of ether oxygens (including phenoxy) is 1. The fraction of sp³-hybridized carbons (Fsp3) is 0.619. The van der Waals surface area contributed by atoms with Crippen LogP contribution in [0.25, 0.3) is 0 Å². The maximum absolute atomic E-state index is 14.0. The van der Waals surface area contributed by atoms with E-state index >= 15 is 0 Å². The SMILES string of the molecule is CC(=O)N[C@@H](CCCCN)C(=O)NCCCCCC1=C2C[C@@H](C)C[C@H](C)[C@H](O)[C@@H](C)/C=C(\C)[C@H](OC(N)=O)[C@@H](C)/C=C\C=C(/C)C(=O)CC(=CC1=O)C2=O. The monoisotopic (exact) mass is 752 g/mol. The van der Waals surface area contributed by atoms with Crippen molar-refractivity contribution in [1.29, 1.82) is 0 Å². The summed E-state index contributed by atoms with van der Waals surface area (Å²) in [5, 5.41) is 16.9. The maximum Gasteiger partial charge on any atom is 0.405 e. The molecule has 0 spiro atoms. The van der Waals surface area contributed by atoms with Crippen LogP contribution in [0.1, 0.15) is 113 Å². The number of unbranched alkanes of at least 4 members (excludes halogenated alkanes) is 3. The molecule has 7 atom stereocenters. The van der Waals surface area contributed by atoms with Crippen LogP contribution >= 0.6 is 0 Å². The van der Waals surface area contributed by atoms with E-state index in [-0.39, 0.29) is 64.8 Å². The third-order valence-corrected chi connectivity index (χ3v) is 10.3. The Morgan fingerprint density at radius 1 is 1.00 bits per heavy atom. The van der Waals surface area contributed by atoms with E-state index in [1.807, 2.05) is 40.7 Å². The van der Waals surface area contributed by atoms with Crippen molar-refractivity contribution in [3.63, 3.8) is 0 Å². The summed E-state index contributed by atoms with van der Waals surface area (Å²) in [6, 6.07) is -0.619. The lowest BCUT2D eigenvalue weighted by atomic mass is 9.78. The van der Waals surface area contributed by atoms with Gasteiger partial charge in [-0.05, 0) is 101 Å². The molecule has 12 heteroatoms. The number of nitrogens with one attached hydrogen (secondary N) is 2. The van der Waals surface area contributed by atoms with E-state index in [9.17, 15) is 33.9 Å². The van der Waals surface area contributed by atoms with E-state index in [1.54, 1.807) is 25.2 Å². The summed E-state index contributed by atoms with van der Waals surface area (Å²) < 4.78 is 5.46. The highest BCUT2D eigenvalue weighted by molar-refractivity contribution is 6.24. The average molecular weight is 753 g/mol. The van der Waals surface area contributed by atoms with Crippen molar-refractivity contribution in [1.82, 2.24) is 10.6 Å². The molecule has 0 heterocycles. The molecule has 0 aromatic heterocycles. The Balaban J connectivity index is 2.29. The quantitative estimate of drug-likeness (QED) is 0.0945. The number of nitrogens with two attached hydrogens (primary N) is 2. The highest BCUT2D eigenvalue weighted by atomic mass is 16.6. The number of aliphatic hydroxyl groups excluding tert-OH is 1. The number of allylic oxidation sites excluding steroid dienone is 7. The maximum atomic E-state index is 14.0. The third-order valence-electron chi connectivity index (χ3n) is 10.3. The van der Waals surface area contributed by atoms with E-state index in [4.69, 9.17) is 16.2 Å². The molecule has 0 aromatic carbocycles. The molecule has 0 saturated heterocycles. The summed E-state index contributed by atoms with van der Waals surface area (Å²) in [7, 11) is 0. The van der Waals surface area contributed by atoms with Crippen molar-refractivity contribution in [2.75, 3.05) is 13.1 Å². The molecular weight excluding hydrogens is 688 g/mol. The van der Waals surface area contributed by atoms with Crippen molar-refractivity contribution in [2.45, 2.75) is 131 Å². The van der Waals surface area contributed by atoms with Crippen LogP contribution in [0.15, 0.2) is 58.2 Å². The molecule has 0 unspecified atom stereocenters. The third kappa shape index (κ3) is 14.9. The summed E-state index contributed by atoms with van der Waals surface area (Å²) in [6.45, 7) is 13.5. The summed E-state index contributed by atoms with van der Waals surface area (Å²) in [6.07, 6.45) is 11.0. The van der Waals surface area contributed by atoms with Crippen LogP contribution in [0.4, 0.5) is 4.79 Å². The smallest absolute Gasteiger partial charge is 0.405 e. The molecule has 300 valence electrons. The fourth-order valence-electron chi connectivity index (χ4n) is 7.31. The molecule has 7 N–H and O–H groups in total. The number of carbonyl (C=O) groups is 6. The van der Waals surface area contributed by atoms with Crippen LogP contribution in [0.2, 0.25) is 0 Å². The Morgan fingerprint density at radius 3 is 2.35 bits per heavy atom. The Labute approximate surface area is 321 Å². The van der Waals surface area contributed by atoms with Crippen molar-refractivity contribution in [2.24, 2.45) is 35.1 Å². The Morgan fingerprint density at radius 2 is 1.70 bits per heavy atom. The molecule has 2 aliphatic rings. The van der Waals surface area contributed by atoms with Crippen LogP contribution in [0.3, 0.4) is 0 Å².